The number of hydrogen-bond donors (Lipinski definition) is 2. The van der Waals surface area contributed by atoms with Crippen molar-refractivity contribution in [3.05, 3.63) is 65.3 Å². The average molecular weight is 446 g/mol. The summed E-state index contributed by atoms with van der Waals surface area (Å²) in [4.78, 5) is 16.1. The third-order valence-corrected chi connectivity index (χ3v) is 8.01. The Morgan fingerprint density at radius 2 is 1.90 bits per heavy atom. The Labute approximate surface area is 181 Å². The van der Waals surface area contributed by atoms with Gasteiger partial charge in [0.1, 0.15) is 0 Å². The summed E-state index contributed by atoms with van der Waals surface area (Å²) in [5.41, 5.74) is 1.45. The van der Waals surface area contributed by atoms with E-state index in [1.165, 1.54) is 12.1 Å². The Hall–Kier alpha value is -2.35. The summed E-state index contributed by atoms with van der Waals surface area (Å²) >= 11 is 5.92. The summed E-state index contributed by atoms with van der Waals surface area (Å²) in [6.45, 7) is 2.18. The van der Waals surface area contributed by atoms with Crippen LogP contribution >= 0.6 is 11.6 Å². The normalized spacial score (nSPS) is 20.3. The van der Waals surface area contributed by atoms with Gasteiger partial charge in [0.25, 0.3) is 5.91 Å². The van der Waals surface area contributed by atoms with Crippen LogP contribution < -0.4 is 5.32 Å². The summed E-state index contributed by atoms with van der Waals surface area (Å²) in [5.74, 6) is -0.213. The van der Waals surface area contributed by atoms with Crippen LogP contribution in [0.2, 0.25) is 5.02 Å². The first kappa shape index (κ1) is 20.9. The highest BCUT2D eigenvalue weighted by Gasteiger charge is 2.38. The average Bonchev–Trinajstić information content (AvgIpc) is 3.16. The van der Waals surface area contributed by atoms with Gasteiger partial charge in [-0.05, 0) is 50.1 Å². The van der Waals surface area contributed by atoms with Crippen LogP contribution in [0, 0.1) is 0 Å². The van der Waals surface area contributed by atoms with Crippen molar-refractivity contribution in [3.63, 3.8) is 0 Å². The fourth-order valence-electron chi connectivity index (χ4n) is 4.18. The number of aromatic amines is 1. The molecule has 2 atom stereocenters. The van der Waals surface area contributed by atoms with Crippen molar-refractivity contribution in [1.82, 2.24) is 14.6 Å². The van der Waals surface area contributed by atoms with Gasteiger partial charge in [-0.1, -0.05) is 36.2 Å². The smallest absolute Gasteiger partial charge is 0.253 e. The van der Waals surface area contributed by atoms with Gasteiger partial charge in [0.2, 0.25) is 10.0 Å². The lowest BCUT2D eigenvalue weighted by atomic mass is 9.99. The zero-order valence-electron chi connectivity index (χ0n) is 16.6. The minimum absolute atomic E-state index is 0.144. The molecule has 0 bridgehead atoms. The number of H-pyrrole nitrogens is 1. The molecule has 4 rings (SSSR count). The molecule has 1 aromatic heterocycles. The van der Waals surface area contributed by atoms with E-state index in [-0.39, 0.29) is 29.4 Å². The number of fused-ring (bicyclic) bond motifs is 1. The molecule has 1 aliphatic rings. The van der Waals surface area contributed by atoms with Crippen molar-refractivity contribution < 1.29 is 13.2 Å². The summed E-state index contributed by atoms with van der Waals surface area (Å²) < 4.78 is 28.2. The molecule has 0 radical (unpaired) electrons. The zero-order chi connectivity index (χ0) is 21.3. The van der Waals surface area contributed by atoms with Gasteiger partial charge >= 0.3 is 0 Å². The highest BCUT2D eigenvalue weighted by molar-refractivity contribution is 7.89. The van der Waals surface area contributed by atoms with Crippen LogP contribution in [0.3, 0.4) is 0 Å². The molecule has 1 fully saturated rings. The van der Waals surface area contributed by atoms with Crippen LogP contribution in [-0.2, 0) is 10.0 Å². The number of aromatic nitrogens is 1. The van der Waals surface area contributed by atoms with E-state index in [1.807, 2.05) is 31.2 Å². The molecule has 2 heterocycles. The van der Waals surface area contributed by atoms with E-state index in [0.717, 1.165) is 23.7 Å². The number of rotatable bonds is 5. The fourth-order valence-corrected chi connectivity index (χ4v) is 6.18. The minimum Gasteiger partial charge on any atom is -0.360 e. The first-order chi connectivity index (χ1) is 14.4. The van der Waals surface area contributed by atoms with Crippen LogP contribution in [-0.4, -0.2) is 42.2 Å². The standard InChI is InChI=1S/C22H24ClN3O3S/c1-15-5-4-6-17(26(15)30(28,29)18-11-9-16(23)10-12-18)13-25-22(27)20-14-24-21-8-3-2-7-19(20)21/h2-3,7-12,14-15,17,24H,4-6,13H2,1H3,(H,25,27)/t15-,17-/m1/s1. The second kappa shape index (κ2) is 8.41. The van der Waals surface area contributed by atoms with E-state index in [1.54, 1.807) is 22.6 Å². The Morgan fingerprint density at radius 3 is 2.67 bits per heavy atom. The number of benzene rings is 2. The number of halogens is 1. The Balaban J connectivity index is 1.54. The maximum atomic E-state index is 13.3. The zero-order valence-corrected chi connectivity index (χ0v) is 18.2. The molecule has 158 valence electrons. The van der Waals surface area contributed by atoms with E-state index in [9.17, 15) is 13.2 Å². The lowest BCUT2D eigenvalue weighted by molar-refractivity contribution is 0.0933. The second-order valence-corrected chi connectivity index (χ2v) is 9.96. The molecule has 0 spiro atoms. The lowest BCUT2D eigenvalue weighted by Gasteiger charge is -2.39. The molecular formula is C22H24ClN3O3S. The van der Waals surface area contributed by atoms with Crippen LogP contribution in [0.4, 0.5) is 0 Å². The molecule has 6 nitrogen and oxygen atoms in total. The molecule has 1 amide bonds. The van der Waals surface area contributed by atoms with Gasteiger partial charge in [0, 0.05) is 40.8 Å². The number of piperidine rings is 1. The topological polar surface area (TPSA) is 82.3 Å². The van der Waals surface area contributed by atoms with Crippen molar-refractivity contribution >= 4 is 38.4 Å². The molecule has 1 saturated heterocycles. The van der Waals surface area contributed by atoms with E-state index in [0.29, 0.717) is 17.0 Å². The first-order valence-electron chi connectivity index (χ1n) is 10.0. The Bertz CT molecular complexity index is 1160. The lowest BCUT2D eigenvalue weighted by Crippen LogP contribution is -2.53. The van der Waals surface area contributed by atoms with Crippen molar-refractivity contribution in [2.45, 2.75) is 43.2 Å². The van der Waals surface area contributed by atoms with Crippen LogP contribution in [0.1, 0.15) is 36.5 Å². The Morgan fingerprint density at radius 1 is 1.17 bits per heavy atom. The number of sulfonamides is 1. The first-order valence-corrected chi connectivity index (χ1v) is 11.8. The number of amides is 1. The molecule has 2 N–H and O–H groups in total. The number of carbonyl (C=O) groups is 1. The number of para-hydroxylation sites is 1. The predicted molar refractivity (Wildman–Crippen MR) is 118 cm³/mol. The maximum absolute atomic E-state index is 13.3. The van der Waals surface area contributed by atoms with Crippen molar-refractivity contribution in [3.8, 4) is 0 Å². The van der Waals surface area contributed by atoms with Gasteiger partial charge in [-0.3, -0.25) is 4.79 Å². The molecule has 0 saturated carbocycles. The highest BCUT2D eigenvalue weighted by Crippen LogP contribution is 2.30. The summed E-state index contributed by atoms with van der Waals surface area (Å²) in [6.07, 6.45) is 4.10. The van der Waals surface area contributed by atoms with Crippen LogP contribution in [0.5, 0.6) is 0 Å². The predicted octanol–water partition coefficient (Wildman–Crippen LogP) is 4.18. The van der Waals surface area contributed by atoms with Gasteiger partial charge in [0.05, 0.1) is 10.5 Å². The quantitative estimate of drug-likeness (QED) is 0.618. The van der Waals surface area contributed by atoms with E-state index >= 15 is 0 Å². The van der Waals surface area contributed by atoms with Gasteiger partial charge in [0.15, 0.2) is 0 Å². The third-order valence-electron chi connectivity index (χ3n) is 5.67. The maximum Gasteiger partial charge on any atom is 0.253 e. The molecule has 2 aromatic carbocycles. The molecule has 0 unspecified atom stereocenters. The number of hydrogen-bond acceptors (Lipinski definition) is 3. The molecular weight excluding hydrogens is 422 g/mol. The molecule has 3 aromatic rings. The number of nitrogens with one attached hydrogen (secondary N) is 2. The van der Waals surface area contributed by atoms with Crippen LogP contribution in [0.25, 0.3) is 10.9 Å². The third kappa shape index (κ3) is 3.97. The molecule has 8 heteroatoms. The van der Waals surface area contributed by atoms with Gasteiger partial charge in [-0.2, -0.15) is 4.31 Å². The molecule has 1 aliphatic heterocycles. The fraction of sp³-hybridized carbons (Fsp3) is 0.318. The monoisotopic (exact) mass is 445 g/mol. The largest absolute Gasteiger partial charge is 0.360 e. The van der Waals surface area contributed by atoms with E-state index in [2.05, 4.69) is 10.3 Å². The summed E-state index contributed by atoms with van der Waals surface area (Å²) in [5, 5.41) is 4.28. The second-order valence-electron chi connectivity index (χ2n) is 7.68. The summed E-state index contributed by atoms with van der Waals surface area (Å²) in [7, 11) is -3.70. The van der Waals surface area contributed by atoms with Gasteiger partial charge < -0.3 is 10.3 Å². The minimum atomic E-state index is -3.70. The Kier molecular flexibility index (Phi) is 5.86. The number of carbonyl (C=O) groups excluding carboxylic acids is 1. The van der Waals surface area contributed by atoms with Crippen molar-refractivity contribution in [1.29, 1.82) is 0 Å². The molecule has 30 heavy (non-hydrogen) atoms. The van der Waals surface area contributed by atoms with E-state index < -0.39 is 10.0 Å². The highest BCUT2D eigenvalue weighted by atomic mass is 35.5. The number of nitrogens with zero attached hydrogens (tertiary/aromatic N) is 1. The summed E-state index contributed by atoms with van der Waals surface area (Å²) in [6, 6.07) is 13.4. The van der Waals surface area contributed by atoms with Crippen molar-refractivity contribution in [2.75, 3.05) is 6.54 Å². The SMILES string of the molecule is C[C@@H]1CCC[C@H](CNC(=O)c2c[nH]c3ccccc23)N1S(=O)(=O)c1ccc(Cl)cc1. The van der Waals surface area contributed by atoms with Gasteiger partial charge in [-0.15, -0.1) is 0 Å². The van der Waals surface area contributed by atoms with E-state index in [4.69, 9.17) is 11.6 Å². The van der Waals surface area contributed by atoms with Crippen molar-refractivity contribution in [2.24, 2.45) is 0 Å². The molecule has 0 aliphatic carbocycles. The van der Waals surface area contributed by atoms with Crippen LogP contribution in [0.15, 0.2) is 59.6 Å². The van der Waals surface area contributed by atoms with Gasteiger partial charge in [-0.25, -0.2) is 8.42 Å².